The summed E-state index contributed by atoms with van der Waals surface area (Å²) in [6.45, 7) is 8.17. The molecule has 1 aliphatic heterocycles. The van der Waals surface area contributed by atoms with Gasteiger partial charge in [0.15, 0.2) is 0 Å². The number of allylic oxidation sites excluding steroid dienone is 1. The lowest BCUT2D eigenvalue weighted by molar-refractivity contribution is -0.136. The zero-order valence-electron chi connectivity index (χ0n) is 12.6. The van der Waals surface area contributed by atoms with E-state index in [-0.39, 0.29) is 11.8 Å². The predicted molar refractivity (Wildman–Crippen MR) is 78.8 cm³/mol. The van der Waals surface area contributed by atoms with Crippen molar-refractivity contribution >= 4 is 11.8 Å². The van der Waals surface area contributed by atoms with Crippen molar-refractivity contribution in [2.45, 2.75) is 39.5 Å². The Hall–Kier alpha value is -1.42. The smallest absolute Gasteiger partial charge is 0.253 e. The van der Waals surface area contributed by atoms with Crippen molar-refractivity contribution in [1.82, 2.24) is 4.90 Å². The van der Waals surface area contributed by atoms with Crippen LogP contribution in [0.1, 0.15) is 39.5 Å². The molecule has 0 atom stereocenters. The second kappa shape index (κ2) is 14.6. The van der Waals surface area contributed by atoms with Crippen LogP contribution < -0.4 is 0 Å². The van der Waals surface area contributed by atoms with E-state index in [2.05, 4.69) is 11.3 Å². The third kappa shape index (κ3) is 10.2. The summed E-state index contributed by atoms with van der Waals surface area (Å²) < 4.78 is 4.25. The number of nitrogens with zero attached hydrogens (tertiary/aromatic N) is 1. The van der Waals surface area contributed by atoms with Crippen LogP contribution in [0.5, 0.6) is 0 Å². The Morgan fingerprint density at radius 1 is 1.11 bits per heavy atom. The molecule has 0 aliphatic carbocycles. The Morgan fingerprint density at radius 3 is 2.00 bits per heavy atom. The van der Waals surface area contributed by atoms with Crippen molar-refractivity contribution in [2.24, 2.45) is 0 Å². The topological polar surface area (TPSA) is 46.6 Å². The van der Waals surface area contributed by atoms with Crippen LogP contribution in [-0.2, 0) is 14.3 Å². The van der Waals surface area contributed by atoms with E-state index in [1.54, 1.807) is 14.2 Å². The highest BCUT2D eigenvalue weighted by atomic mass is 16.4. The molecule has 0 aromatic carbocycles. The van der Waals surface area contributed by atoms with Gasteiger partial charge in [0.25, 0.3) is 11.8 Å². The number of imide groups is 1. The number of ether oxygens (including phenoxy) is 1. The summed E-state index contributed by atoms with van der Waals surface area (Å²) in [6.07, 6.45) is 8.52. The summed E-state index contributed by atoms with van der Waals surface area (Å²) in [5.74, 6) is -0.363. The van der Waals surface area contributed by atoms with Gasteiger partial charge < -0.3 is 4.74 Å². The minimum atomic E-state index is -0.182. The maximum absolute atomic E-state index is 11.1. The second-order valence-corrected chi connectivity index (χ2v) is 3.71. The Bertz CT molecular complexity index is 267. The van der Waals surface area contributed by atoms with Crippen LogP contribution in [0.2, 0.25) is 0 Å². The molecule has 0 saturated carbocycles. The maximum Gasteiger partial charge on any atom is 0.253 e. The van der Waals surface area contributed by atoms with Gasteiger partial charge in [-0.3, -0.25) is 14.5 Å². The van der Waals surface area contributed by atoms with E-state index in [1.165, 1.54) is 17.1 Å². The third-order valence-electron chi connectivity index (χ3n) is 2.19. The first kappa shape index (κ1) is 19.9. The van der Waals surface area contributed by atoms with Crippen molar-refractivity contribution in [3.63, 3.8) is 0 Å². The van der Waals surface area contributed by atoms with Crippen LogP contribution in [0.4, 0.5) is 0 Å². The molecule has 0 spiro atoms. The monoisotopic (exact) mass is 269 g/mol. The first-order chi connectivity index (χ1) is 9.17. The van der Waals surface area contributed by atoms with Crippen LogP contribution in [0.15, 0.2) is 24.8 Å². The van der Waals surface area contributed by atoms with Gasteiger partial charge in [-0.05, 0) is 19.3 Å². The molecule has 4 nitrogen and oxygen atoms in total. The summed E-state index contributed by atoms with van der Waals surface area (Å²) in [7, 11) is 3.25. The summed E-state index contributed by atoms with van der Waals surface area (Å²) in [5.41, 5.74) is 0. The van der Waals surface area contributed by atoms with Crippen molar-refractivity contribution < 1.29 is 14.3 Å². The van der Waals surface area contributed by atoms with E-state index in [0.29, 0.717) is 6.54 Å². The van der Waals surface area contributed by atoms with Crippen molar-refractivity contribution in [3.05, 3.63) is 24.8 Å². The Labute approximate surface area is 117 Å². The lowest BCUT2D eigenvalue weighted by Gasteiger charge is -2.12. The molecule has 0 fully saturated rings. The number of carbonyl (C=O) groups is 2. The Balaban J connectivity index is 0. The van der Waals surface area contributed by atoms with Crippen molar-refractivity contribution in [1.29, 1.82) is 0 Å². The number of carbonyl (C=O) groups excluding carboxylic acids is 2. The van der Waals surface area contributed by atoms with E-state index >= 15 is 0 Å². The van der Waals surface area contributed by atoms with Gasteiger partial charge in [0.1, 0.15) is 0 Å². The molecule has 19 heavy (non-hydrogen) atoms. The molecule has 1 rings (SSSR count). The highest BCUT2D eigenvalue weighted by Crippen LogP contribution is 2.07. The number of hydrogen-bond acceptors (Lipinski definition) is 3. The molecule has 110 valence electrons. The SMILES string of the molecule is C=CCCCCCN1C(=O)C=CC1=O.CC.COC. The molecule has 2 amide bonds. The van der Waals surface area contributed by atoms with Crippen LogP contribution in [-0.4, -0.2) is 37.5 Å². The predicted octanol–water partition coefficient (Wildman–Crippen LogP) is 2.95. The number of unbranched alkanes of at least 4 members (excludes halogenated alkanes) is 3. The molecule has 0 aromatic rings. The molecule has 0 N–H and O–H groups in total. The molecule has 1 heterocycles. The zero-order chi connectivity index (χ0) is 15.1. The van der Waals surface area contributed by atoms with Gasteiger partial charge in [-0.25, -0.2) is 0 Å². The third-order valence-corrected chi connectivity index (χ3v) is 2.19. The number of methoxy groups -OCH3 is 1. The molecule has 0 bridgehead atoms. The number of amides is 2. The zero-order valence-corrected chi connectivity index (χ0v) is 12.6. The lowest BCUT2D eigenvalue weighted by Crippen LogP contribution is -2.30. The molecule has 0 aromatic heterocycles. The fourth-order valence-corrected chi connectivity index (χ4v) is 1.39. The van der Waals surface area contributed by atoms with Gasteiger partial charge in [0.05, 0.1) is 0 Å². The molecule has 0 unspecified atom stereocenters. The van der Waals surface area contributed by atoms with E-state index in [9.17, 15) is 9.59 Å². The van der Waals surface area contributed by atoms with Gasteiger partial charge in [-0.2, -0.15) is 0 Å². The van der Waals surface area contributed by atoms with Gasteiger partial charge in [-0.1, -0.05) is 26.3 Å². The number of hydrogen-bond donors (Lipinski definition) is 0. The lowest BCUT2D eigenvalue weighted by atomic mass is 10.2. The van der Waals surface area contributed by atoms with Crippen LogP contribution in [0.3, 0.4) is 0 Å². The highest BCUT2D eigenvalue weighted by Gasteiger charge is 2.21. The van der Waals surface area contributed by atoms with Crippen molar-refractivity contribution in [3.8, 4) is 0 Å². The average molecular weight is 269 g/mol. The first-order valence-electron chi connectivity index (χ1n) is 6.72. The molecule has 0 saturated heterocycles. The molecule has 0 radical (unpaired) electrons. The van der Waals surface area contributed by atoms with Gasteiger partial charge in [0.2, 0.25) is 0 Å². The largest absolute Gasteiger partial charge is 0.388 e. The van der Waals surface area contributed by atoms with E-state index < -0.39 is 0 Å². The number of rotatable bonds is 6. The first-order valence-corrected chi connectivity index (χ1v) is 6.72. The standard InChI is InChI=1S/C11H15NO2.C2H6O.C2H6/c1-2-3-4-5-6-9-12-10(13)7-8-11(12)14;1-3-2;1-2/h2,7-8H,1,3-6,9H2;1-2H3;1-2H3. The average Bonchev–Trinajstić information content (AvgIpc) is 2.73. The van der Waals surface area contributed by atoms with E-state index in [0.717, 1.165) is 25.7 Å². The summed E-state index contributed by atoms with van der Waals surface area (Å²) in [5, 5.41) is 0. The second-order valence-electron chi connectivity index (χ2n) is 3.71. The highest BCUT2D eigenvalue weighted by molar-refractivity contribution is 6.12. The fraction of sp³-hybridized carbons (Fsp3) is 0.600. The normalized spacial score (nSPS) is 12.5. The summed E-state index contributed by atoms with van der Waals surface area (Å²) in [4.78, 5) is 23.5. The van der Waals surface area contributed by atoms with E-state index in [1.807, 2.05) is 19.9 Å². The minimum Gasteiger partial charge on any atom is -0.388 e. The Morgan fingerprint density at radius 2 is 1.58 bits per heavy atom. The quantitative estimate of drug-likeness (QED) is 0.423. The van der Waals surface area contributed by atoms with Crippen LogP contribution >= 0.6 is 0 Å². The Kier molecular flexibility index (Phi) is 15.3. The molecule has 4 heteroatoms. The maximum atomic E-state index is 11.1. The summed E-state index contributed by atoms with van der Waals surface area (Å²) >= 11 is 0. The van der Waals surface area contributed by atoms with Gasteiger partial charge in [-0.15, -0.1) is 6.58 Å². The van der Waals surface area contributed by atoms with Gasteiger partial charge >= 0.3 is 0 Å². The molecular weight excluding hydrogens is 242 g/mol. The van der Waals surface area contributed by atoms with Crippen LogP contribution in [0, 0.1) is 0 Å². The minimum absolute atomic E-state index is 0.182. The van der Waals surface area contributed by atoms with Gasteiger partial charge in [0, 0.05) is 32.9 Å². The summed E-state index contributed by atoms with van der Waals surface area (Å²) in [6, 6.07) is 0. The van der Waals surface area contributed by atoms with Crippen LogP contribution in [0.25, 0.3) is 0 Å². The fourth-order valence-electron chi connectivity index (χ4n) is 1.39. The molecular formula is C15H27NO3. The molecule has 1 aliphatic rings. The van der Waals surface area contributed by atoms with Crippen molar-refractivity contribution in [2.75, 3.05) is 20.8 Å². The van der Waals surface area contributed by atoms with E-state index in [4.69, 9.17) is 0 Å².